The zero-order valence-corrected chi connectivity index (χ0v) is 12.5. The summed E-state index contributed by atoms with van der Waals surface area (Å²) >= 11 is 0. The summed E-state index contributed by atoms with van der Waals surface area (Å²) < 4.78 is 0. The number of nitrogens with one attached hydrogen (secondary N) is 1. The molecular formula is C16H33N. The third-order valence-electron chi connectivity index (χ3n) is 5.06. The fourth-order valence-electron chi connectivity index (χ4n) is 3.80. The average molecular weight is 239 g/mol. The maximum atomic E-state index is 3.57. The third kappa shape index (κ3) is 4.28. The van der Waals surface area contributed by atoms with E-state index in [-0.39, 0.29) is 0 Å². The van der Waals surface area contributed by atoms with Crippen LogP contribution in [-0.4, -0.2) is 13.1 Å². The number of hydrogen-bond acceptors (Lipinski definition) is 1. The van der Waals surface area contributed by atoms with Crippen molar-refractivity contribution >= 4 is 0 Å². The zero-order valence-electron chi connectivity index (χ0n) is 12.5. The first-order chi connectivity index (χ1) is 8.24. The summed E-state index contributed by atoms with van der Waals surface area (Å²) in [5.74, 6) is 2.79. The lowest BCUT2D eigenvalue weighted by Crippen LogP contribution is -2.41. The normalized spacial score (nSPS) is 28.9. The first-order valence-electron chi connectivity index (χ1n) is 7.91. The van der Waals surface area contributed by atoms with Crippen molar-refractivity contribution in [3.05, 3.63) is 0 Å². The van der Waals surface area contributed by atoms with Crippen molar-refractivity contribution in [3.63, 3.8) is 0 Å². The van der Waals surface area contributed by atoms with Gasteiger partial charge in [-0.05, 0) is 37.6 Å². The fourth-order valence-corrected chi connectivity index (χ4v) is 3.80. The molecule has 0 bridgehead atoms. The van der Waals surface area contributed by atoms with Crippen LogP contribution in [0.2, 0.25) is 0 Å². The zero-order chi connectivity index (χ0) is 12.7. The molecule has 0 saturated heterocycles. The highest BCUT2D eigenvalue weighted by Gasteiger charge is 2.31. The quantitative estimate of drug-likeness (QED) is 0.683. The summed E-state index contributed by atoms with van der Waals surface area (Å²) in [5, 5.41) is 3.57. The molecule has 0 heterocycles. The minimum Gasteiger partial charge on any atom is -0.317 e. The molecule has 0 aromatic carbocycles. The highest BCUT2D eigenvalue weighted by atomic mass is 14.9. The second kappa shape index (κ2) is 8.13. The van der Waals surface area contributed by atoms with Gasteiger partial charge in [0.2, 0.25) is 0 Å². The molecule has 0 amide bonds. The Labute approximate surface area is 109 Å². The molecule has 1 N–H and O–H groups in total. The van der Waals surface area contributed by atoms with Crippen molar-refractivity contribution in [2.75, 3.05) is 7.05 Å². The summed E-state index contributed by atoms with van der Waals surface area (Å²) in [6, 6.07) is 0.787. The number of unbranched alkanes of at least 4 members (excludes halogenated alkanes) is 1. The maximum absolute atomic E-state index is 3.57. The van der Waals surface area contributed by atoms with Gasteiger partial charge in [0.1, 0.15) is 0 Å². The van der Waals surface area contributed by atoms with Gasteiger partial charge >= 0.3 is 0 Å². The van der Waals surface area contributed by atoms with Crippen molar-refractivity contribution in [1.82, 2.24) is 5.32 Å². The van der Waals surface area contributed by atoms with E-state index in [2.05, 4.69) is 33.1 Å². The van der Waals surface area contributed by atoms with Crippen molar-refractivity contribution < 1.29 is 0 Å². The van der Waals surface area contributed by atoms with E-state index in [0.717, 1.165) is 23.8 Å². The Morgan fingerprint density at radius 1 is 1.18 bits per heavy atom. The van der Waals surface area contributed by atoms with Crippen LogP contribution in [0.4, 0.5) is 0 Å². The van der Waals surface area contributed by atoms with Gasteiger partial charge in [0.15, 0.2) is 0 Å². The Morgan fingerprint density at radius 2 is 1.88 bits per heavy atom. The van der Waals surface area contributed by atoms with Crippen LogP contribution in [0.25, 0.3) is 0 Å². The molecule has 0 aliphatic heterocycles. The van der Waals surface area contributed by atoms with E-state index in [1.54, 1.807) is 0 Å². The Kier molecular flexibility index (Phi) is 7.18. The molecule has 0 spiro atoms. The van der Waals surface area contributed by atoms with Crippen molar-refractivity contribution in [2.45, 2.75) is 78.2 Å². The summed E-state index contributed by atoms with van der Waals surface area (Å²) in [5.41, 5.74) is 0. The highest BCUT2D eigenvalue weighted by Crippen LogP contribution is 2.36. The molecule has 1 fully saturated rings. The molecule has 1 heteroatoms. The van der Waals surface area contributed by atoms with Crippen LogP contribution in [0.15, 0.2) is 0 Å². The predicted octanol–water partition coefficient (Wildman–Crippen LogP) is 4.62. The molecule has 17 heavy (non-hydrogen) atoms. The molecule has 4 atom stereocenters. The number of rotatable bonds is 7. The van der Waals surface area contributed by atoms with Crippen LogP contribution in [0.3, 0.4) is 0 Å². The average Bonchev–Trinajstić information content (AvgIpc) is 2.39. The summed E-state index contributed by atoms with van der Waals surface area (Å²) in [7, 11) is 2.16. The standard InChI is InChI=1S/C16H33N/c1-5-7-10-14(6-2)13(3)15-11-8-9-12-16(15)17-4/h13-17H,5-12H2,1-4H3. The minimum absolute atomic E-state index is 0.787. The van der Waals surface area contributed by atoms with Gasteiger partial charge in [-0.25, -0.2) is 0 Å². The van der Waals surface area contributed by atoms with Crippen LogP contribution < -0.4 is 5.32 Å². The second-order valence-electron chi connectivity index (χ2n) is 6.01. The molecule has 1 saturated carbocycles. The van der Waals surface area contributed by atoms with Crippen LogP contribution in [-0.2, 0) is 0 Å². The van der Waals surface area contributed by atoms with Crippen molar-refractivity contribution in [3.8, 4) is 0 Å². The Morgan fingerprint density at radius 3 is 2.47 bits per heavy atom. The number of hydrogen-bond donors (Lipinski definition) is 1. The molecule has 1 aliphatic rings. The monoisotopic (exact) mass is 239 g/mol. The molecular weight excluding hydrogens is 206 g/mol. The van der Waals surface area contributed by atoms with Crippen LogP contribution in [0.5, 0.6) is 0 Å². The Hall–Kier alpha value is -0.0400. The van der Waals surface area contributed by atoms with E-state index >= 15 is 0 Å². The maximum Gasteiger partial charge on any atom is 0.00949 e. The van der Waals surface area contributed by atoms with Crippen LogP contribution in [0.1, 0.15) is 72.1 Å². The van der Waals surface area contributed by atoms with E-state index in [0.29, 0.717) is 0 Å². The Balaban J connectivity index is 2.54. The van der Waals surface area contributed by atoms with Gasteiger partial charge in [-0.2, -0.15) is 0 Å². The SMILES string of the molecule is CCCCC(CC)C(C)C1CCCCC1NC. The van der Waals surface area contributed by atoms with Crippen LogP contribution >= 0.6 is 0 Å². The molecule has 0 aromatic heterocycles. The van der Waals surface area contributed by atoms with Gasteiger partial charge in [-0.1, -0.05) is 59.3 Å². The molecule has 4 unspecified atom stereocenters. The first-order valence-corrected chi connectivity index (χ1v) is 7.91. The van der Waals surface area contributed by atoms with E-state index in [4.69, 9.17) is 0 Å². The van der Waals surface area contributed by atoms with E-state index in [1.807, 2.05) is 0 Å². The summed E-state index contributed by atoms with van der Waals surface area (Å²) in [6.07, 6.45) is 11.3. The smallest absolute Gasteiger partial charge is 0.00949 e. The third-order valence-corrected chi connectivity index (χ3v) is 5.06. The van der Waals surface area contributed by atoms with Gasteiger partial charge < -0.3 is 5.32 Å². The molecule has 1 nitrogen and oxygen atoms in total. The topological polar surface area (TPSA) is 12.0 Å². The predicted molar refractivity (Wildman–Crippen MR) is 77.3 cm³/mol. The summed E-state index contributed by atoms with van der Waals surface area (Å²) in [6.45, 7) is 7.21. The van der Waals surface area contributed by atoms with Gasteiger partial charge in [0.25, 0.3) is 0 Å². The molecule has 0 aromatic rings. The molecule has 0 radical (unpaired) electrons. The van der Waals surface area contributed by atoms with E-state index in [1.165, 1.54) is 51.4 Å². The van der Waals surface area contributed by atoms with Crippen molar-refractivity contribution in [2.24, 2.45) is 17.8 Å². The molecule has 1 rings (SSSR count). The minimum atomic E-state index is 0.787. The van der Waals surface area contributed by atoms with Gasteiger partial charge in [-0.3, -0.25) is 0 Å². The van der Waals surface area contributed by atoms with Gasteiger partial charge in [0.05, 0.1) is 0 Å². The first kappa shape index (κ1) is 15.0. The van der Waals surface area contributed by atoms with Crippen molar-refractivity contribution in [1.29, 1.82) is 0 Å². The van der Waals surface area contributed by atoms with E-state index in [9.17, 15) is 0 Å². The second-order valence-corrected chi connectivity index (χ2v) is 6.01. The molecule has 1 aliphatic carbocycles. The largest absolute Gasteiger partial charge is 0.317 e. The molecule has 102 valence electrons. The van der Waals surface area contributed by atoms with E-state index < -0.39 is 0 Å². The van der Waals surface area contributed by atoms with Gasteiger partial charge in [0, 0.05) is 6.04 Å². The highest BCUT2D eigenvalue weighted by molar-refractivity contribution is 4.85. The lowest BCUT2D eigenvalue weighted by molar-refractivity contribution is 0.143. The fraction of sp³-hybridized carbons (Fsp3) is 1.00. The summed E-state index contributed by atoms with van der Waals surface area (Å²) in [4.78, 5) is 0. The van der Waals surface area contributed by atoms with Gasteiger partial charge in [-0.15, -0.1) is 0 Å². The lowest BCUT2D eigenvalue weighted by atomic mass is 9.70. The lowest BCUT2D eigenvalue weighted by Gasteiger charge is -2.39. The van der Waals surface area contributed by atoms with Crippen LogP contribution in [0, 0.1) is 17.8 Å². The Bertz CT molecular complexity index is 190.